The first-order valence-electron chi connectivity index (χ1n) is 7.45. The summed E-state index contributed by atoms with van der Waals surface area (Å²) in [6.45, 7) is 4.76. The third-order valence-electron chi connectivity index (χ3n) is 3.90. The van der Waals surface area contributed by atoms with Crippen LogP contribution in [0.5, 0.6) is 0 Å². The molecule has 114 valence electrons. The van der Waals surface area contributed by atoms with Gasteiger partial charge in [-0.15, -0.1) is 0 Å². The van der Waals surface area contributed by atoms with Gasteiger partial charge in [0.05, 0.1) is 5.92 Å². The molecule has 1 aromatic rings. The first kappa shape index (κ1) is 15.5. The average molecular weight is 289 g/mol. The fourth-order valence-corrected chi connectivity index (χ4v) is 2.61. The monoisotopic (exact) mass is 289 g/mol. The Kier molecular flexibility index (Phi) is 4.96. The van der Waals surface area contributed by atoms with Crippen molar-refractivity contribution in [3.63, 3.8) is 0 Å². The standard InChI is InChI=1S/C16H23N3O2/c1-3-12-6-4-5-7-14(12)19-10-13(8-15(19)20)16(21)18-11(2)9-17/h4-7,11,13H,3,8-10,17H2,1-2H3,(H,18,21)/t11-,13?/m0/s1. The second-order valence-corrected chi connectivity index (χ2v) is 5.53. The zero-order chi connectivity index (χ0) is 15.4. The maximum absolute atomic E-state index is 12.2. The number of hydrogen-bond donors (Lipinski definition) is 2. The second kappa shape index (κ2) is 6.72. The van der Waals surface area contributed by atoms with Gasteiger partial charge in [-0.2, -0.15) is 0 Å². The van der Waals surface area contributed by atoms with Crippen molar-refractivity contribution in [2.24, 2.45) is 11.7 Å². The minimum Gasteiger partial charge on any atom is -0.352 e. The van der Waals surface area contributed by atoms with Crippen molar-refractivity contribution in [1.29, 1.82) is 0 Å². The molecular formula is C16H23N3O2. The number of nitrogens with two attached hydrogens (primary N) is 1. The minimum absolute atomic E-state index is 0.0106. The van der Waals surface area contributed by atoms with Gasteiger partial charge < -0.3 is 16.0 Å². The van der Waals surface area contributed by atoms with Crippen LogP contribution in [0.15, 0.2) is 24.3 Å². The van der Waals surface area contributed by atoms with Crippen molar-refractivity contribution in [1.82, 2.24) is 5.32 Å². The molecule has 0 aromatic heterocycles. The molecule has 2 atom stereocenters. The fourth-order valence-electron chi connectivity index (χ4n) is 2.61. The predicted octanol–water partition coefficient (Wildman–Crippen LogP) is 1.07. The normalized spacial score (nSPS) is 19.7. The maximum atomic E-state index is 12.2. The number of benzene rings is 1. The number of hydrogen-bond acceptors (Lipinski definition) is 3. The molecule has 1 fully saturated rings. The Morgan fingerprint density at radius 1 is 1.48 bits per heavy atom. The van der Waals surface area contributed by atoms with E-state index in [4.69, 9.17) is 5.73 Å². The molecule has 3 N–H and O–H groups in total. The molecule has 1 saturated heterocycles. The maximum Gasteiger partial charge on any atom is 0.227 e. The second-order valence-electron chi connectivity index (χ2n) is 5.53. The summed E-state index contributed by atoms with van der Waals surface area (Å²) in [5, 5.41) is 2.85. The van der Waals surface area contributed by atoms with Gasteiger partial charge in [-0.1, -0.05) is 25.1 Å². The fraction of sp³-hybridized carbons (Fsp3) is 0.500. The molecule has 0 bridgehead atoms. The number of carbonyl (C=O) groups excluding carboxylic acids is 2. The van der Waals surface area contributed by atoms with E-state index in [-0.39, 0.29) is 30.2 Å². The molecule has 5 nitrogen and oxygen atoms in total. The van der Waals surface area contributed by atoms with E-state index in [0.717, 1.165) is 17.7 Å². The van der Waals surface area contributed by atoms with Gasteiger partial charge in [-0.3, -0.25) is 9.59 Å². The van der Waals surface area contributed by atoms with Crippen LogP contribution in [0, 0.1) is 5.92 Å². The highest BCUT2D eigenvalue weighted by molar-refractivity contribution is 6.00. The molecule has 2 amide bonds. The average Bonchev–Trinajstić information content (AvgIpc) is 2.89. The minimum atomic E-state index is -0.295. The van der Waals surface area contributed by atoms with E-state index in [1.165, 1.54) is 0 Å². The van der Waals surface area contributed by atoms with E-state index >= 15 is 0 Å². The van der Waals surface area contributed by atoms with E-state index in [1.807, 2.05) is 31.2 Å². The summed E-state index contributed by atoms with van der Waals surface area (Å²) in [7, 11) is 0. The molecule has 5 heteroatoms. The third kappa shape index (κ3) is 3.42. The zero-order valence-corrected chi connectivity index (χ0v) is 12.6. The van der Waals surface area contributed by atoms with Crippen LogP contribution in [-0.2, 0) is 16.0 Å². The Labute approximate surface area is 125 Å². The first-order valence-corrected chi connectivity index (χ1v) is 7.45. The van der Waals surface area contributed by atoms with Crippen LogP contribution in [0.4, 0.5) is 5.69 Å². The van der Waals surface area contributed by atoms with Crippen molar-refractivity contribution in [3.05, 3.63) is 29.8 Å². The van der Waals surface area contributed by atoms with Gasteiger partial charge in [-0.05, 0) is 25.0 Å². The lowest BCUT2D eigenvalue weighted by molar-refractivity contribution is -0.126. The number of amides is 2. The first-order chi connectivity index (χ1) is 10.1. The quantitative estimate of drug-likeness (QED) is 0.851. The number of nitrogens with one attached hydrogen (secondary N) is 1. The highest BCUT2D eigenvalue weighted by Crippen LogP contribution is 2.28. The van der Waals surface area contributed by atoms with Gasteiger partial charge in [0, 0.05) is 31.2 Å². The van der Waals surface area contributed by atoms with Crippen LogP contribution >= 0.6 is 0 Å². The highest BCUT2D eigenvalue weighted by Gasteiger charge is 2.35. The Bertz CT molecular complexity index is 530. The van der Waals surface area contributed by atoms with Crippen molar-refractivity contribution < 1.29 is 9.59 Å². The van der Waals surface area contributed by atoms with E-state index in [0.29, 0.717) is 13.1 Å². The molecule has 2 rings (SSSR count). The number of nitrogens with zero attached hydrogens (tertiary/aromatic N) is 1. The highest BCUT2D eigenvalue weighted by atomic mass is 16.2. The smallest absolute Gasteiger partial charge is 0.227 e. The molecule has 0 radical (unpaired) electrons. The Balaban J connectivity index is 2.11. The lowest BCUT2D eigenvalue weighted by Crippen LogP contribution is -2.42. The lowest BCUT2D eigenvalue weighted by atomic mass is 10.1. The Hall–Kier alpha value is -1.88. The molecule has 21 heavy (non-hydrogen) atoms. The molecular weight excluding hydrogens is 266 g/mol. The Morgan fingerprint density at radius 3 is 2.86 bits per heavy atom. The largest absolute Gasteiger partial charge is 0.352 e. The number of aryl methyl sites for hydroxylation is 1. The van der Waals surface area contributed by atoms with Crippen molar-refractivity contribution in [2.45, 2.75) is 32.7 Å². The molecule has 1 aliphatic rings. The molecule has 0 saturated carbocycles. The summed E-state index contributed by atoms with van der Waals surface area (Å²) in [4.78, 5) is 26.1. The van der Waals surface area contributed by atoms with Crippen molar-refractivity contribution >= 4 is 17.5 Å². The van der Waals surface area contributed by atoms with Crippen LogP contribution < -0.4 is 16.0 Å². The van der Waals surface area contributed by atoms with Gasteiger partial charge in [0.1, 0.15) is 0 Å². The molecule has 1 aromatic carbocycles. The summed E-state index contributed by atoms with van der Waals surface area (Å²) in [5.41, 5.74) is 7.56. The van der Waals surface area contributed by atoms with Crippen molar-refractivity contribution in [2.75, 3.05) is 18.0 Å². The van der Waals surface area contributed by atoms with Gasteiger partial charge in [0.2, 0.25) is 11.8 Å². The van der Waals surface area contributed by atoms with E-state index in [2.05, 4.69) is 12.2 Å². The summed E-state index contributed by atoms with van der Waals surface area (Å²) in [6, 6.07) is 7.79. The molecule has 1 aliphatic heterocycles. The van der Waals surface area contributed by atoms with Crippen molar-refractivity contribution in [3.8, 4) is 0 Å². The van der Waals surface area contributed by atoms with E-state index in [1.54, 1.807) is 4.90 Å². The van der Waals surface area contributed by atoms with Crippen LogP contribution in [0.1, 0.15) is 25.8 Å². The summed E-state index contributed by atoms with van der Waals surface area (Å²) in [6.07, 6.45) is 1.13. The number of rotatable bonds is 5. The van der Waals surface area contributed by atoms with Crippen LogP contribution in [-0.4, -0.2) is 30.9 Å². The topological polar surface area (TPSA) is 75.4 Å². The van der Waals surface area contributed by atoms with Gasteiger partial charge in [0.15, 0.2) is 0 Å². The van der Waals surface area contributed by atoms with Gasteiger partial charge in [0.25, 0.3) is 0 Å². The number of para-hydroxylation sites is 1. The summed E-state index contributed by atoms with van der Waals surface area (Å²) >= 11 is 0. The number of anilines is 1. The van der Waals surface area contributed by atoms with Crippen LogP contribution in [0.25, 0.3) is 0 Å². The molecule has 1 unspecified atom stereocenters. The predicted molar refractivity (Wildman–Crippen MR) is 82.9 cm³/mol. The Morgan fingerprint density at radius 2 is 2.19 bits per heavy atom. The van der Waals surface area contributed by atoms with E-state index < -0.39 is 0 Å². The lowest BCUT2D eigenvalue weighted by Gasteiger charge is -2.20. The summed E-state index contributed by atoms with van der Waals surface area (Å²) < 4.78 is 0. The molecule has 1 heterocycles. The third-order valence-corrected chi connectivity index (χ3v) is 3.90. The number of carbonyl (C=O) groups is 2. The van der Waals surface area contributed by atoms with Crippen LogP contribution in [0.2, 0.25) is 0 Å². The molecule has 0 spiro atoms. The SMILES string of the molecule is CCc1ccccc1N1CC(C(=O)N[C@@H](C)CN)CC1=O. The van der Waals surface area contributed by atoms with E-state index in [9.17, 15) is 9.59 Å². The van der Waals surface area contributed by atoms with Gasteiger partial charge in [-0.25, -0.2) is 0 Å². The molecule has 0 aliphatic carbocycles. The zero-order valence-electron chi connectivity index (χ0n) is 12.6. The van der Waals surface area contributed by atoms with Crippen LogP contribution in [0.3, 0.4) is 0 Å². The van der Waals surface area contributed by atoms with Gasteiger partial charge >= 0.3 is 0 Å². The summed E-state index contributed by atoms with van der Waals surface area (Å²) in [5.74, 6) is -0.370.